The Morgan fingerprint density at radius 2 is 1.29 bits per heavy atom. The van der Waals surface area contributed by atoms with Gasteiger partial charge in [-0.15, -0.1) is 0 Å². The number of unbranched alkanes of at least 4 members (excludes halogenated alkanes) is 12. The zero-order chi connectivity index (χ0) is 25.5. The molecule has 0 spiro atoms. The number of esters is 1. The van der Waals surface area contributed by atoms with Crippen molar-refractivity contribution in [2.24, 2.45) is 0 Å². The van der Waals surface area contributed by atoms with Crippen LogP contribution in [0.5, 0.6) is 0 Å². The molecule has 0 bridgehead atoms. The predicted octanol–water partition coefficient (Wildman–Crippen LogP) is 6.64. The third-order valence-corrected chi connectivity index (χ3v) is 5.56. The number of ether oxygens (including phenoxy) is 1. The number of hydrogen-bond donors (Lipinski definition) is 3. The third kappa shape index (κ3) is 37.9. The van der Waals surface area contributed by atoms with E-state index < -0.39 is 5.97 Å². The smallest absolute Gasteiger partial charge is 0.306 e. The van der Waals surface area contributed by atoms with E-state index in [1.807, 2.05) is 0 Å². The Bertz CT molecular complexity index is 440. The van der Waals surface area contributed by atoms with Gasteiger partial charge in [-0.3, -0.25) is 9.59 Å². The SMILES string of the molecule is C1CCNC1.CC(=O)O.CCCCCCCC/C=C\CCCCCCCCNCCC(=O)OC. The molecule has 0 amide bonds. The van der Waals surface area contributed by atoms with E-state index in [1.165, 1.54) is 123 Å². The van der Waals surface area contributed by atoms with Crippen molar-refractivity contribution in [3.8, 4) is 0 Å². The highest BCUT2D eigenvalue weighted by Crippen LogP contribution is 2.09. The summed E-state index contributed by atoms with van der Waals surface area (Å²) >= 11 is 0. The second-order valence-electron chi connectivity index (χ2n) is 8.99. The van der Waals surface area contributed by atoms with Gasteiger partial charge in [0.15, 0.2) is 0 Å². The molecular formula is C28H56N2O4. The zero-order valence-electron chi connectivity index (χ0n) is 22.7. The number of nitrogens with one attached hydrogen (secondary N) is 2. The van der Waals surface area contributed by atoms with Crippen LogP contribution in [0.1, 0.15) is 123 Å². The summed E-state index contributed by atoms with van der Waals surface area (Å²) in [4.78, 5) is 19.9. The predicted molar refractivity (Wildman–Crippen MR) is 144 cm³/mol. The molecular weight excluding hydrogens is 428 g/mol. The lowest BCUT2D eigenvalue weighted by Crippen LogP contribution is -2.19. The first-order valence-electron chi connectivity index (χ1n) is 13.9. The highest BCUT2D eigenvalue weighted by atomic mass is 16.5. The minimum absolute atomic E-state index is 0.131. The van der Waals surface area contributed by atoms with E-state index in [4.69, 9.17) is 9.90 Å². The fourth-order valence-corrected chi connectivity index (χ4v) is 3.54. The van der Waals surface area contributed by atoms with E-state index in [1.54, 1.807) is 0 Å². The van der Waals surface area contributed by atoms with Gasteiger partial charge in [-0.05, 0) is 64.6 Å². The standard InChI is InChI=1S/C22H43NO2.C4H9N.C2H4O2/c1-3-4-5-6-7-8-9-10-11-12-13-14-15-16-17-18-20-23-21-19-22(24)25-2;1-2-4-5-3-1;1-2(3)4/h10-11,23H,3-9,12-21H2,1-2H3;5H,1-4H2;1H3,(H,3,4)/b11-10-;;. The van der Waals surface area contributed by atoms with Gasteiger partial charge in [-0.1, -0.05) is 76.9 Å². The Labute approximate surface area is 210 Å². The molecule has 1 aliphatic heterocycles. The number of carboxylic acid groups (broad SMARTS) is 1. The fraction of sp³-hybridized carbons (Fsp3) is 0.857. The first-order chi connectivity index (χ1) is 16.5. The minimum atomic E-state index is -0.833. The third-order valence-electron chi connectivity index (χ3n) is 5.56. The summed E-state index contributed by atoms with van der Waals surface area (Å²) in [6, 6.07) is 0. The van der Waals surface area contributed by atoms with E-state index in [9.17, 15) is 4.79 Å². The van der Waals surface area contributed by atoms with Gasteiger partial charge < -0.3 is 20.5 Å². The number of carboxylic acids is 1. The molecule has 1 rings (SSSR count). The van der Waals surface area contributed by atoms with Gasteiger partial charge in [0.2, 0.25) is 0 Å². The molecule has 202 valence electrons. The van der Waals surface area contributed by atoms with Gasteiger partial charge in [-0.25, -0.2) is 0 Å². The molecule has 6 nitrogen and oxygen atoms in total. The lowest BCUT2D eigenvalue weighted by Gasteiger charge is -2.04. The van der Waals surface area contributed by atoms with Crippen LogP contribution in [0.2, 0.25) is 0 Å². The number of aliphatic carboxylic acids is 1. The molecule has 0 aromatic carbocycles. The largest absolute Gasteiger partial charge is 0.481 e. The fourth-order valence-electron chi connectivity index (χ4n) is 3.54. The summed E-state index contributed by atoms with van der Waals surface area (Å²) in [6.45, 7) is 7.60. The van der Waals surface area contributed by atoms with Crippen molar-refractivity contribution in [1.82, 2.24) is 10.6 Å². The number of allylic oxidation sites excluding steroid dienone is 2. The van der Waals surface area contributed by atoms with Crippen molar-refractivity contribution in [3.63, 3.8) is 0 Å². The lowest BCUT2D eigenvalue weighted by molar-refractivity contribution is -0.140. The Balaban J connectivity index is 0. The van der Waals surface area contributed by atoms with E-state index >= 15 is 0 Å². The van der Waals surface area contributed by atoms with E-state index in [0.29, 0.717) is 6.42 Å². The number of hydrogen-bond acceptors (Lipinski definition) is 5. The van der Waals surface area contributed by atoms with Crippen LogP contribution < -0.4 is 10.6 Å². The van der Waals surface area contributed by atoms with Gasteiger partial charge in [0, 0.05) is 13.5 Å². The van der Waals surface area contributed by atoms with Crippen LogP contribution in [-0.4, -0.2) is 50.3 Å². The van der Waals surface area contributed by atoms with Gasteiger partial charge in [0.1, 0.15) is 0 Å². The summed E-state index contributed by atoms with van der Waals surface area (Å²) in [5.74, 6) is -0.964. The highest BCUT2D eigenvalue weighted by molar-refractivity contribution is 5.69. The molecule has 6 heteroatoms. The maximum Gasteiger partial charge on any atom is 0.306 e. The second kappa shape index (κ2) is 31.6. The van der Waals surface area contributed by atoms with Crippen LogP contribution in [0.4, 0.5) is 0 Å². The molecule has 0 atom stereocenters. The molecule has 3 N–H and O–H groups in total. The van der Waals surface area contributed by atoms with Crippen LogP contribution in [0.3, 0.4) is 0 Å². The number of methoxy groups -OCH3 is 1. The number of rotatable bonds is 19. The van der Waals surface area contributed by atoms with Crippen molar-refractivity contribution in [2.75, 3.05) is 33.3 Å². The maximum absolute atomic E-state index is 10.9. The monoisotopic (exact) mass is 484 g/mol. The van der Waals surface area contributed by atoms with Crippen LogP contribution in [-0.2, 0) is 14.3 Å². The minimum Gasteiger partial charge on any atom is -0.481 e. The average Bonchev–Trinajstić information content (AvgIpc) is 3.40. The van der Waals surface area contributed by atoms with Crippen LogP contribution in [0.15, 0.2) is 12.2 Å². The van der Waals surface area contributed by atoms with E-state index in [-0.39, 0.29) is 5.97 Å². The van der Waals surface area contributed by atoms with Crippen LogP contribution in [0.25, 0.3) is 0 Å². The van der Waals surface area contributed by atoms with Crippen LogP contribution >= 0.6 is 0 Å². The first kappa shape index (κ1) is 34.8. The van der Waals surface area contributed by atoms with E-state index in [0.717, 1.165) is 20.0 Å². The van der Waals surface area contributed by atoms with Crippen LogP contribution in [0, 0.1) is 0 Å². The van der Waals surface area contributed by atoms with Crippen molar-refractivity contribution < 1.29 is 19.4 Å². The summed E-state index contributed by atoms with van der Waals surface area (Å²) < 4.78 is 4.60. The molecule has 1 saturated heterocycles. The molecule has 0 aromatic heterocycles. The molecule has 1 heterocycles. The normalized spacial score (nSPS) is 12.6. The second-order valence-corrected chi connectivity index (χ2v) is 8.99. The van der Waals surface area contributed by atoms with Gasteiger partial charge in [0.25, 0.3) is 5.97 Å². The van der Waals surface area contributed by atoms with Crippen molar-refractivity contribution in [2.45, 2.75) is 123 Å². The maximum atomic E-state index is 10.9. The van der Waals surface area contributed by atoms with Crippen molar-refractivity contribution >= 4 is 11.9 Å². The lowest BCUT2D eigenvalue weighted by atomic mass is 10.1. The summed E-state index contributed by atoms with van der Waals surface area (Å²) in [7, 11) is 1.44. The molecule has 1 fully saturated rings. The van der Waals surface area contributed by atoms with Gasteiger partial charge >= 0.3 is 5.97 Å². The zero-order valence-corrected chi connectivity index (χ0v) is 22.7. The highest BCUT2D eigenvalue weighted by Gasteiger charge is 1.98. The van der Waals surface area contributed by atoms with Gasteiger partial charge in [-0.2, -0.15) is 0 Å². The summed E-state index contributed by atoms with van der Waals surface area (Å²) in [6.07, 6.45) is 26.8. The van der Waals surface area contributed by atoms with Gasteiger partial charge in [0.05, 0.1) is 13.5 Å². The Morgan fingerprint density at radius 1 is 0.824 bits per heavy atom. The molecule has 1 aliphatic rings. The molecule has 0 saturated carbocycles. The quantitative estimate of drug-likeness (QED) is 0.108. The average molecular weight is 485 g/mol. The summed E-state index contributed by atoms with van der Waals surface area (Å²) in [5.41, 5.74) is 0. The van der Waals surface area contributed by atoms with E-state index in [2.05, 4.69) is 34.4 Å². The number of carbonyl (C=O) groups excluding carboxylic acids is 1. The molecule has 0 unspecified atom stereocenters. The van der Waals surface area contributed by atoms with Crippen molar-refractivity contribution in [1.29, 1.82) is 0 Å². The Kier molecular flexibility index (Phi) is 32.3. The molecule has 0 aromatic rings. The topological polar surface area (TPSA) is 87.7 Å². The molecule has 34 heavy (non-hydrogen) atoms. The molecule has 0 radical (unpaired) electrons. The Morgan fingerprint density at radius 3 is 1.74 bits per heavy atom. The molecule has 0 aliphatic carbocycles. The summed E-state index contributed by atoms with van der Waals surface area (Å²) in [5, 5.41) is 13.9. The first-order valence-corrected chi connectivity index (χ1v) is 13.9. The van der Waals surface area contributed by atoms with Crippen molar-refractivity contribution in [3.05, 3.63) is 12.2 Å². The Hall–Kier alpha value is -1.40. The number of carbonyl (C=O) groups is 2.